The maximum absolute atomic E-state index is 11.9. The van der Waals surface area contributed by atoms with E-state index >= 15 is 0 Å². The van der Waals surface area contributed by atoms with Crippen LogP contribution in [0.2, 0.25) is 5.22 Å². The van der Waals surface area contributed by atoms with E-state index in [9.17, 15) is 4.79 Å². The van der Waals surface area contributed by atoms with E-state index in [-0.39, 0.29) is 17.4 Å². The third kappa shape index (κ3) is 2.68. The van der Waals surface area contributed by atoms with Gasteiger partial charge in [0.2, 0.25) is 5.22 Å². The Bertz CT molecular complexity index is 531. The minimum absolute atomic E-state index is 0.0722. The molecule has 0 saturated carbocycles. The number of methoxy groups -OCH3 is 1. The second-order valence-electron chi connectivity index (χ2n) is 3.56. The van der Waals surface area contributed by atoms with Crippen molar-refractivity contribution in [3.05, 3.63) is 52.9 Å². The summed E-state index contributed by atoms with van der Waals surface area (Å²) in [5.74, 6) is 0.658. The third-order valence-corrected chi connectivity index (χ3v) is 2.71. The van der Waals surface area contributed by atoms with Gasteiger partial charge in [0.05, 0.1) is 18.9 Å². The first-order valence-corrected chi connectivity index (χ1v) is 5.47. The molecule has 3 nitrogen and oxygen atoms in total. The summed E-state index contributed by atoms with van der Waals surface area (Å²) in [5, 5.41) is 0.137. The number of Topliss-reactive ketones (excluding diaryl/α,β-unsaturated/α-hetero) is 1. The number of hydrogen-bond donors (Lipinski definition) is 0. The van der Waals surface area contributed by atoms with Crippen LogP contribution in [-0.4, -0.2) is 12.9 Å². The molecule has 0 fully saturated rings. The molecule has 1 aromatic carbocycles. The summed E-state index contributed by atoms with van der Waals surface area (Å²) in [4.78, 5) is 11.9. The van der Waals surface area contributed by atoms with Crippen LogP contribution >= 0.6 is 11.6 Å². The first-order chi connectivity index (χ1) is 8.20. The normalized spacial score (nSPS) is 10.2. The van der Waals surface area contributed by atoms with Crippen molar-refractivity contribution in [2.24, 2.45) is 0 Å². The number of benzene rings is 1. The summed E-state index contributed by atoms with van der Waals surface area (Å²) in [6.45, 7) is 0. The summed E-state index contributed by atoms with van der Waals surface area (Å²) >= 11 is 5.75. The average Bonchev–Trinajstić information content (AvgIpc) is 2.76. The van der Waals surface area contributed by atoms with E-state index in [1.807, 2.05) is 24.3 Å². The van der Waals surface area contributed by atoms with Gasteiger partial charge in [0.25, 0.3) is 0 Å². The summed E-state index contributed by atoms with van der Waals surface area (Å²) in [7, 11) is 1.59. The minimum Gasteiger partial charge on any atom is -0.497 e. The molecule has 0 atom stereocenters. The van der Waals surface area contributed by atoms with Gasteiger partial charge in [-0.05, 0) is 35.4 Å². The molecule has 0 N–H and O–H groups in total. The first kappa shape index (κ1) is 11.7. The summed E-state index contributed by atoms with van der Waals surface area (Å²) < 4.78 is 9.98. The van der Waals surface area contributed by atoms with E-state index < -0.39 is 0 Å². The molecule has 0 amide bonds. The maximum atomic E-state index is 11.9. The van der Waals surface area contributed by atoms with Gasteiger partial charge in [0, 0.05) is 6.42 Å². The average molecular weight is 251 g/mol. The van der Waals surface area contributed by atoms with Crippen molar-refractivity contribution in [3.63, 3.8) is 0 Å². The second-order valence-corrected chi connectivity index (χ2v) is 3.90. The monoisotopic (exact) mass is 250 g/mol. The van der Waals surface area contributed by atoms with Gasteiger partial charge < -0.3 is 9.15 Å². The molecule has 88 valence electrons. The number of ketones is 1. The van der Waals surface area contributed by atoms with Crippen LogP contribution in [0.5, 0.6) is 5.75 Å². The number of carbonyl (C=O) groups excluding carboxylic acids is 1. The van der Waals surface area contributed by atoms with Gasteiger partial charge in [-0.15, -0.1) is 0 Å². The molecule has 4 heteroatoms. The van der Waals surface area contributed by atoms with Crippen molar-refractivity contribution < 1.29 is 13.9 Å². The van der Waals surface area contributed by atoms with E-state index in [1.54, 1.807) is 13.2 Å². The number of ether oxygens (including phenoxy) is 1. The fourth-order valence-corrected chi connectivity index (χ4v) is 1.78. The molecule has 0 aliphatic carbocycles. The lowest BCUT2D eigenvalue weighted by Crippen LogP contribution is -2.02. The van der Waals surface area contributed by atoms with Crippen LogP contribution in [0.1, 0.15) is 15.9 Å². The fraction of sp³-hybridized carbons (Fsp3) is 0.154. The summed E-state index contributed by atoms with van der Waals surface area (Å²) in [5.41, 5.74) is 1.29. The molecule has 2 aromatic rings. The van der Waals surface area contributed by atoms with E-state index in [1.165, 1.54) is 6.26 Å². The molecule has 0 bridgehead atoms. The zero-order valence-electron chi connectivity index (χ0n) is 9.27. The van der Waals surface area contributed by atoms with Crippen molar-refractivity contribution in [1.82, 2.24) is 0 Å². The van der Waals surface area contributed by atoms with E-state index in [4.69, 9.17) is 20.8 Å². The standard InChI is InChI=1S/C13H11ClO3/c1-16-10-4-2-3-9(7-10)8-12(15)11-5-6-17-13(11)14/h2-7H,8H2,1H3. The zero-order valence-corrected chi connectivity index (χ0v) is 10.0. The third-order valence-electron chi connectivity index (χ3n) is 2.42. The lowest BCUT2D eigenvalue weighted by atomic mass is 10.1. The topological polar surface area (TPSA) is 39.4 Å². The lowest BCUT2D eigenvalue weighted by molar-refractivity contribution is 0.0992. The predicted molar refractivity (Wildman–Crippen MR) is 64.7 cm³/mol. The Kier molecular flexibility index (Phi) is 3.49. The molecule has 1 heterocycles. The van der Waals surface area contributed by atoms with E-state index in [0.717, 1.165) is 11.3 Å². The summed E-state index contributed by atoms with van der Waals surface area (Å²) in [6.07, 6.45) is 1.68. The molecule has 0 spiro atoms. The Morgan fingerprint density at radius 1 is 1.41 bits per heavy atom. The SMILES string of the molecule is COc1cccc(CC(=O)c2ccoc2Cl)c1. The number of carbonyl (C=O) groups is 1. The fourth-order valence-electron chi connectivity index (χ4n) is 1.56. The molecule has 0 radical (unpaired) electrons. The highest BCUT2D eigenvalue weighted by Gasteiger charge is 2.13. The highest BCUT2D eigenvalue weighted by atomic mass is 35.5. The largest absolute Gasteiger partial charge is 0.497 e. The van der Waals surface area contributed by atoms with Crippen LogP contribution in [0.4, 0.5) is 0 Å². The van der Waals surface area contributed by atoms with Crippen molar-refractivity contribution >= 4 is 17.4 Å². The van der Waals surface area contributed by atoms with Crippen LogP contribution in [0.15, 0.2) is 41.0 Å². The Balaban J connectivity index is 2.16. The second kappa shape index (κ2) is 5.06. The maximum Gasteiger partial charge on any atom is 0.203 e. The van der Waals surface area contributed by atoms with E-state index in [2.05, 4.69) is 0 Å². The van der Waals surface area contributed by atoms with E-state index in [0.29, 0.717) is 5.56 Å². The van der Waals surface area contributed by atoms with Gasteiger partial charge in [0.15, 0.2) is 5.78 Å². The number of hydrogen-bond acceptors (Lipinski definition) is 3. The van der Waals surface area contributed by atoms with Crippen molar-refractivity contribution in [2.75, 3.05) is 7.11 Å². The highest BCUT2D eigenvalue weighted by molar-refractivity contribution is 6.32. The molecular weight excluding hydrogens is 240 g/mol. The summed E-state index contributed by atoms with van der Waals surface area (Å²) in [6, 6.07) is 8.95. The van der Waals surface area contributed by atoms with Gasteiger partial charge in [-0.25, -0.2) is 0 Å². The molecular formula is C13H11ClO3. The predicted octanol–water partition coefficient (Wildman–Crippen LogP) is 3.37. The first-order valence-electron chi connectivity index (χ1n) is 5.10. The van der Waals surface area contributed by atoms with Crippen LogP contribution < -0.4 is 4.74 Å². The van der Waals surface area contributed by atoms with Gasteiger partial charge in [-0.2, -0.15) is 0 Å². The van der Waals surface area contributed by atoms with Crippen LogP contribution in [0.3, 0.4) is 0 Å². The molecule has 0 saturated heterocycles. The molecule has 0 unspecified atom stereocenters. The van der Waals surface area contributed by atoms with Crippen LogP contribution in [0, 0.1) is 0 Å². The quantitative estimate of drug-likeness (QED) is 0.781. The number of furan rings is 1. The number of halogens is 1. The van der Waals surface area contributed by atoms with Crippen molar-refractivity contribution in [2.45, 2.75) is 6.42 Å². The Hall–Kier alpha value is -1.74. The Morgan fingerprint density at radius 3 is 2.88 bits per heavy atom. The molecule has 17 heavy (non-hydrogen) atoms. The van der Waals surface area contributed by atoms with Gasteiger partial charge in [-0.1, -0.05) is 12.1 Å². The minimum atomic E-state index is -0.0722. The molecule has 0 aliphatic rings. The Labute approximate surface area is 104 Å². The van der Waals surface area contributed by atoms with Crippen LogP contribution in [-0.2, 0) is 6.42 Å². The smallest absolute Gasteiger partial charge is 0.203 e. The molecule has 0 aliphatic heterocycles. The number of rotatable bonds is 4. The van der Waals surface area contributed by atoms with Gasteiger partial charge in [-0.3, -0.25) is 4.79 Å². The van der Waals surface area contributed by atoms with Crippen LogP contribution in [0.25, 0.3) is 0 Å². The van der Waals surface area contributed by atoms with Gasteiger partial charge in [0.1, 0.15) is 5.75 Å². The molecule has 1 aromatic heterocycles. The van der Waals surface area contributed by atoms with Crippen molar-refractivity contribution in [1.29, 1.82) is 0 Å². The highest BCUT2D eigenvalue weighted by Crippen LogP contribution is 2.20. The molecule has 2 rings (SSSR count). The van der Waals surface area contributed by atoms with Gasteiger partial charge >= 0.3 is 0 Å². The lowest BCUT2D eigenvalue weighted by Gasteiger charge is -2.03. The van der Waals surface area contributed by atoms with Crippen molar-refractivity contribution in [3.8, 4) is 5.75 Å². The Morgan fingerprint density at radius 2 is 2.24 bits per heavy atom. The zero-order chi connectivity index (χ0) is 12.3.